The molecule has 0 amide bonds. The summed E-state index contributed by atoms with van der Waals surface area (Å²) < 4.78 is 10.2. The molecule has 0 unspecified atom stereocenters. The number of ether oxygens (including phenoxy) is 2. The predicted octanol–water partition coefficient (Wildman–Crippen LogP) is 6.13. The van der Waals surface area contributed by atoms with Crippen LogP contribution < -0.4 is 0 Å². The number of Topliss-reactive ketones (excluding diaryl/α,β-unsaturated/α-hetero) is 1. The van der Waals surface area contributed by atoms with Gasteiger partial charge in [-0.15, -0.1) is 0 Å². The van der Waals surface area contributed by atoms with Gasteiger partial charge in [0.05, 0.1) is 19.6 Å². The Labute approximate surface area is 210 Å². The molecule has 6 atom stereocenters. The maximum atomic E-state index is 12.8. The number of rotatable bonds is 3. The van der Waals surface area contributed by atoms with Gasteiger partial charge < -0.3 is 9.47 Å². The van der Waals surface area contributed by atoms with Crippen LogP contribution >= 0.6 is 0 Å². The van der Waals surface area contributed by atoms with Crippen LogP contribution in [0.1, 0.15) is 86.5 Å². The number of hydrogen-bond acceptors (Lipinski definition) is 5. The Kier molecular flexibility index (Phi) is 6.05. The van der Waals surface area contributed by atoms with Gasteiger partial charge in [-0.3, -0.25) is 9.59 Å². The van der Waals surface area contributed by atoms with E-state index >= 15 is 0 Å². The van der Waals surface area contributed by atoms with Crippen molar-refractivity contribution in [3.63, 3.8) is 0 Å². The zero-order valence-corrected chi connectivity index (χ0v) is 22.8. The summed E-state index contributed by atoms with van der Waals surface area (Å²) in [7, 11) is 2.88. The van der Waals surface area contributed by atoms with Crippen LogP contribution in [0.4, 0.5) is 0 Å². The normalized spacial score (nSPS) is 43.7. The number of fused-ring (bicyclic) bond motifs is 5. The largest absolute Gasteiger partial charge is 0.469 e. The van der Waals surface area contributed by atoms with Crippen LogP contribution in [0.25, 0.3) is 0 Å². The molecule has 0 aliphatic heterocycles. The van der Waals surface area contributed by atoms with Crippen molar-refractivity contribution in [2.75, 3.05) is 14.2 Å². The molecule has 4 rings (SSSR count). The SMILES string of the molecule is COC(=O)/C=C1/C(C(C)=O)=CC=C2[C@@]1(C)CC[C@@]1(C)[C@@H]3C[C@](C)(C(=O)OC)CC[C@]3(C)CC[C@]21C. The van der Waals surface area contributed by atoms with Gasteiger partial charge in [0, 0.05) is 17.1 Å². The number of allylic oxidation sites excluding steroid dienone is 5. The molecule has 5 heteroatoms. The quantitative estimate of drug-likeness (QED) is 0.357. The van der Waals surface area contributed by atoms with E-state index in [1.165, 1.54) is 25.9 Å². The first-order valence-corrected chi connectivity index (χ1v) is 13.0. The average Bonchev–Trinajstić information content (AvgIpc) is 2.81. The molecule has 0 heterocycles. The molecule has 0 spiro atoms. The van der Waals surface area contributed by atoms with Crippen molar-refractivity contribution in [1.82, 2.24) is 0 Å². The van der Waals surface area contributed by atoms with E-state index in [4.69, 9.17) is 9.47 Å². The summed E-state index contributed by atoms with van der Waals surface area (Å²) in [4.78, 5) is 37.8. The Hall–Kier alpha value is -2.17. The van der Waals surface area contributed by atoms with Gasteiger partial charge in [0.1, 0.15) is 0 Å². The lowest BCUT2D eigenvalue weighted by Gasteiger charge is -2.69. The Balaban J connectivity index is 1.85. The second-order valence-corrected chi connectivity index (χ2v) is 12.8. The first-order valence-electron chi connectivity index (χ1n) is 13.0. The van der Waals surface area contributed by atoms with Crippen LogP contribution in [0.2, 0.25) is 0 Å². The lowest BCUT2D eigenvalue weighted by atomic mass is 9.34. The zero-order valence-electron chi connectivity index (χ0n) is 22.8. The van der Waals surface area contributed by atoms with E-state index in [0.717, 1.165) is 50.5 Å². The maximum Gasteiger partial charge on any atom is 0.330 e. The molecule has 0 aromatic heterocycles. The van der Waals surface area contributed by atoms with E-state index in [1.807, 2.05) is 6.08 Å². The van der Waals surface area contributed by atoms with Crippen LogP contribution in [-0.4, -0.2) is 31.9 Å². The zero-order chi connectivity index (χ0) is 26.0. The summed E-state index contributed by atoms with van der Waals surface area (Å²) in [5.41, 5.74) is 1.89. The van der Waals surface area contributed by atoms with Gasteiger partial charge in [-0.1, -0.05) is 45.4 Å². The molecule has 0 aromatic rings. The molecule has 0 radical (unpaired) electrons. The fraction of sp³-hybridized carbons (Fsp3) is 0.700. The van der Waals surface area contributed by atoms with Crippen molar-refractivity contribution in [3.8, 4) is 0 Å². The van der Waals surface area contributed by atoms with Crippen LogP contribution in [0.5, 0.6) is 0 Å². The third-order valence-corrected chi connectivity index (χ3v) is 11.1. The molecule has 5 nitrogen and oxygen atoms in total. The highest BCUT2D eigenvalue weighted by atomic mass is 16.5. The second-order valence-electron chi connectivity index (χ2n) is 12.8. The summed E-state index contributed by atoms with van der Waals surface area (Å²) in [6, 6.07) is 0. The highest BCUT2D eigenvalue weighted by Gasteiger charge is 2.67. The maximum absolute atomic E-state index is 12.8. The summed E-state index contributed by atoms with van der Waals surface area (Å²) in [5.74, 6) is -0.175. The smallest absolute Gasteiger partial charge is 0.330 e. The molecule has 0 saturated heterocycles. The Morgan fingerprint density at radius 3 is 2.14 bits per heavy atom. The summed E-state index contributed by atoms with van der Waals surface area (Å²) >= 11 is 0. The minimum atomic E-state index is -0.459. The van der Waals surface area contributed by atoms with Crippen molar-refractivity contribution in [1.29, 1.82) is 0 Å². The number of esters is 2. The minimum absolute atomic E-state index is 0.0149. The lowest BCUT2D eigenvalue weighted by Crippen LogP contribution is -2.62. The van der Waals surface area contributed by atoms with E-state index in [2.05, 4.69) is 40.7 Å². The van der Waals surface area contributed by atoms with Crippen LogP contribution in [0.15, 0.2) is 34.9 Å². The van der Waals surface area contributed by atoms with E-state index in [-0.39, 0.29) is 28.0 Å². The molecule has 0 N–H and O–H groups in total. The number of ketones is 1. The topological polar surface area (TPSA) is 69.7 Å². The fourth-order valence-corrected chi connectivity index (χ4v) is 8.53. The first kappa shape index (κ1) is 25.9. The molecular weight excluding hydrogens is 440 g/mol. The number of hydrogen-bond donors (Lipinski definition) is 0. The van der Waals surface area contributed by atoms with E-state index < -0.39 is 16.8 Å². The third kappa shape index (κ3) is 3.51. The molecule has 3 saturated carbocycles. The molecule has 35 heavy (non-hydrogen) atoms. The van der Waals surface area contributed by atoms with Gasteiger partial charge in [0.25, 0.3) is 0 Å². The molecule has 4 aliphatic rings. The number of carbonyl (C=O) groups is 3. The monoisotopic (exact) mass is 482 g/mol. The molecular formula is C30H42O5. The summed E-state index contributed by atoms with van der Waals surface area (Å²) in [5, 5.41) is 0. The third-order valence-electron chi connectivity index (χ3n) is 11.1. The number of carbonyl (C=O) groups excluding carboxylic acids is 3. The molecule has 0 bridgehead atoms. The number of methoxy groups -OCH3 is 2. The van der Waals surface area contributed by atoms with Crippen LogP contribution in [0, 0.1) is 33.0 Å². The van der Waals surface area contributed by atoms with Gasteiger partial charge in [0.2, 0.25) is 0 Å². The first-order chi connectivity index (χ1) is 16.2. The predicted molar refractivity (Wildman–Crippen MR) is 135 cm³/mol. The summed E-state index contributed by atoms with van der Waals surface area (Å²) in [6.07, 6.45) is 12.4. The molecule has 4 aliphatic carbocycles. The van der Waals surface area contributed by atoms with E-state index in [0.29, 0.717) is 11.5 Å². The van der Waals surface area contributed by atoms with Crippen molar-refractivity contribution >= 4 is 17.7 Å². The van der Waals surface area contributed by atoms with Gasteiger partial charge in [-0.2, -0.15) is 0 Å². The fourth-order valence-electron chi connectivity index (χ4n) is 8.53. The van der Waals surface area contributed by atoms with Gasteiger partial charge in [0.15, 0.2) is 5.78 Å². The highest BCUT2D eigenvalue weighted by molar-refractivity contribution is 6.01. The second kappa shape index (κ2) is 8.18. The van der Waals surface area contributed by atoms with Crippen molar-refractivity contribution in [2.24, 2.45) is 33.0 Å². The standard InChI is InChI=1S/C30H42O5/c1-19(31)20-9-10-22-28(4,21(20)17-24(32)34-7)14-16-30(6)23-18-27(3,25(33)35-8)12-11-26(23,2)13-15-29(22,30)5/h9-10,17,23H,11-16,18H2,1-8H3/b21-17-/t23-,26-,27-,28+,29-,30+/m1/s1. The van der Waals surface area contributed by atoms with Gasteiger partial charge >= 0.3 is 11.9 Å². The van der Waals surface area contributed by atoms with Crippen LogP contribution in [0.3, 0.4) is 0 Å². The minimum Gasteiger partial charge on any atom is -0.469 e. The van der Waals surface area contributed by atoms with Gasteiger partial charge in [-0.05, 0) is 86.5 Å². The average molecular weight is 483 g/mol. The van der Waals surface area contributed by atoms with E-state index in [9.17, 15) is 14.4 Å². The Morgan fingerprint density at radius 2 is 1.54 bits per heavy atom. The van der Waals surface area contributed by atoms with Gasteiger partial charge in [-0.25, -0.2) is 4.79 Å². The highest BCUT2D eigenvalue weighted by Crippen LogP contribution is 2.75. The van der Waals surface area contributed by atoms with Crippen molar-refractivity contribution in [3.05, 3.63) is 34.9 Å². The van der Waals surface area contributed by atoms with Crippen LogP contribution in [-0.2, 0) is 23.9 Å². The lowest BCUT2D eigenvalue weighted by molar-refractivity contribution is -0.180. The summed E-state index contributed by atoms with van der Waals surface area (Å²) in [6.45, 7) is 13.1. The van der Waals surface area contributed by atoms with Crippen molar-refractivity contribution < 1.29 is 23.9 Å². The van der Waals surface area contributed by atoms with Crippen molar-refractivity contribution in [2.45, 2.75) is 86.5 Å². The molecule has 192 valence electrons. The Morgan fingerprint density at radius 1 is 0.886 bits per heavy atom. The molecule has 3 fully saturated rings. The Bertz CT molecular complexity index is 1060. The van der Waals surface area contributed by atoms with E-state index in [1.54, 1.807) is 6.92 Å². The molecule has 0 aromatic carbocycles.